The van der Waals surface area contributed by atoms with E-state index >= 15 is 0 Å². The van der Waals surface area contributed by atoms with Crippen molar-refractivity contribution in [2.24, 2.45) is 0 Å². The molecule has 2 N–H and O–H groups in total. The first-order valence-electron chi connectivity index (χ1n) is 6.86. The van der Waals surface area contributed by atoms with Crippen molar-refractivity contribution in [3.05, 3.63) is 29.2 Å². The highest BCUT2D eigenvalue weighted by Crippen LogP contribution is 2.04. The lowest BCUT2D eigenvalue weighted by atomic mass is 10.3. The maximum absolute atomic E-state index is 11.7. The monoisotopic (exact) mass is 308 g/mol. The van der Waals surface area contributed by atoms with Crippen molar-refractivity contribution in [1.29, 1.82) is 0 Å². The molecule has 0 unspecified atom stereocenters. The van der Waals surface area contributed by atoms with E-state index in [2.05, 4.69) is 20.8 Å². The van der Waals surface area contributed by atoms with E-state index in [0.717, 1.165) is 17.6 Å². The van der Waals surface area contributed by atoms with Gasteiger partial charge in [-0.25, -0.2) is 19.6 Å². The molecule has 0 aliphatic carbocycles. The number of aryl methyl sites for hydroxylation is 2. The lowest BCUT2D eigenvalue weighted by Gasteiger charge is -2.09. The molecular weight excluding hydrogens is 288 g/mol. The summed E-state index contributed by atoms with van der Waals surface area (Å²) < 4.78 is 9.61. The van der Waals surface area contributed by atoms with Crippen molar-refractivity contribution in [1.82, 2.24) is 15.4 Å². The van der Waals surface area contributed by atoms with Crippen molar-refractivity contribution in [2.75, 3.05) is 18.6 Å². The largest absolute Gasteiger partial charge is 0.462 e. The third-order valence-electron chi connectivity index (χ3n) is 2.37. The predicted octanol–water partition coefficient (Wildman–Crippen LogP) is 1.02. The van der Waals surface area contributed by atoms with Gasteiger partial charge in [0, 0.05) is 17.6 Å². The summed E-state index contributed by atoms with van der Waals surface area (Å²) in [5.74, 6) is -1.21. The molecule has 0 aliphatic rings. The van der Waals surface area contributed by atoms with Crippen LogP contribution in [0, 0.1) is 13.8 Å². The molecule has 0 saturated heterocycles. The Morgan fingerprint density at radius 2 is 1.59 bits per heavy atom. The normalized spacial score (nSPS) is 9.64. The maximum atomic E-state index is 11.7. The number of carbonyl (C=O) groups is 2. The Labute approximate surface area is 128 Å². The third-order valence-corrected chi connectivity index (χ3v) is 2.37. The minimum absolute atomic E-state index is 0.156. The molecule has 8 heteroatoms. The molecule has 1 aromatic heterocycles. The maximum Gasteiger partial charge on any atom is 0.347 e. The molecule has 0 fully saturated rings. The van der Waals surface area contributed by atoms with Gasteiger partial charge in [-0.1, -0.05) is 0 Å². The molecule has 0 saturated carbocycles. The van der Waals surface area contributed by atoms with Crippen LogP contribution in [-0.2, 0) is 19.1 Å². The van der Waals surface area contributed by atoms with Gasteiger partial charge in [0.15, 0.2) is 5.57 Å². The van der Waals surface area contributed by atoms with Gasteiger partial charge in [0.25, 0.3) is 0 Å². The average molecular weight is 308 g/mol. The van der Waals surface area contributed by atoms with E-state index in [1.54, 1.807) is 13.8 Å². The Morgan fingerprint density at radius 1 is 1.09 bits per heavy atom. The molecule has 0 radical (unpaired) electrons. The standard InChI is InChI=1S/C14H20N4O4/c1-5-21-12(19)11(13(20)22-6-2)8-15-18-14-16-9(3)7-10(4)17-14/h7-8,15H,5-6H2,1-4H3,(H,16,17,18). The van der Waals surface area contributed by atoms with Gasteiger partial charge in [0.05, 0.1) is 13.2 Å². The number of anilines is 1. The van der Waals surface area contributed by atoms with Crippen LogP contribution in [0.3, 0.4) is 0 Å². The van der Waals surface area contributed by atoms with Crippen LogP contribution < -0.4 is 10.9 Å². The van der Waals surface area contributed by atoms with Crippen molar-refractivity contribution in [3.8, 4) is 0 Å². The highest BCUT2D eigenvalue weighted by Gasteiger charge is 2.20. The van der Waals surface area contributed by atoms with Crippen molar-refractivity contribution < 1.29 is 19.1 Å². The number of nitrogens with one attached hydrogen (secondary N) is 2. The van der Waals surface area contributed by atoms with Crippen LogP contribution in [0.5, 0.6) is 0 Å². The van der Waals surface area contributed by atoms with Crippen LogP contribution in [0.15, 0.2) is 17.8 Å². The van der Waals surface area contributed by atoms with Gasteiger partial charge in [0.1, 0.15) is 0 Å². The number of hydrogen-bond acceptors (Lipinski definition) is 8. The van der Waals surface area contributed by atoms with E-state index in [0.29, 0.717) is 5.95 Å². The molecular formula is C14H20N4O4. The molecule has 0 aromatic carbocycles. The summed E-state index contributed by atoms with van der Waals surface area (Å²) in [4.78, 5) is 31.7. The number of esters is 2. The van der Waals surface area contributed by atoms with Gasteiger partial charge in [-0.15, -0.1) is 0 Å². The molecule has 22 heavy (non-hydrogen) atoms. The third kappa shape index (κ3) is 5.39. The fraction of sp³-hybridized carbons (Fsp3) is 0.429. The Bertz CT molecular complexity index is 532. The fourth-order valence-electron chi connectivity index (χ4n) is 1.57. The molecule has 0 amide bonds. The SMILES string of the molecule is CCOC(=O)C(=CNNc1nc(C)cc(C)n1)C(=O)OCC. The summed E-state index contributed by atoms with van der Waals surface area (Å²) in [5, 5.41) is 0. The highest BCUT2D eigenvalue weighted by atomic mass is 16.6. The van der Waals surface area contributed by atoms with Crippen LogP contribution in [0.2, 0.25) is 0 Å². The smallest absolute Gasteiger partial charge is 0.347 e. The van der Waals surface area contributed by atoms with Crippen molar-refractivity contribution in [3.63, 3.8) is 0 Å². The highest BCUT2D eigenvalue weighted by molar-refractivity contribution is 6.13. The van der Waals surface area contributed by atoms with E-state index in [1.165, 1.54) is 0 Å². The van der Waals surface area contributed by atoms with Crippen LogP contribution in [0.25, 0.3) is 0 Å². The first-order valence-corrected chi connectivity index (χ1v) is 6.86. The second-order valence-corrected chi connectivity index (χ2v) is 4.24. The van der Waals surface area contributed by atoms with Gasteiger partial charge >= 0.3 is 11.9 Å². The van der Waals surface area contributed by atoms with Crippen LogP contribution in [0.4, 0.5) is 5.95 Å². The van der Waals surface area contributed by atoms with E-state index in [-0.39, 0.29) is 18.8 Å². The van der Waals surface area contributed by atoms with Gasteiger partial charge in [-0.05, 0) is 33.8 Å². The topological polar surface area (TPSA) is 102 Å². The molecule has 0 spiro atoms. The molecule has 0 bridgehead atoms. The Kier molecular flexibility index (Phi) is 6.81. The van der Waals surface area contributed by atoms with E-state index in [9.17, 15) is 9.59 Å². The Balaban J connectivity index is 2.79. The number of aromatic nitrogens is 2. The van der Waals surface area contributed by atoms with Gasteiger partial charge in [-0.2, -0.15) is 0 Å². The molecule has 1 rings (SSSR count). The Hall–Kier alpha value is -2.64. The summed E-state index contributed by atoms with van der Waals surface area (Å²) in [7, 11) is 0. The number of nitrogens with zero attached hydrogens (tertiary/aromatic N) is 2. The zero-order valence-corrected chi connectivity index (χ0v) is 13.1. The molecule has 8 nitrogen and oxygen atoms in total. The van der Waals surface area contributed by atoms with E-state index < -0.39 is 11.9 Å². The quantitative estimate of drug-likeness (QED) is 0.253. The first kappa shape index (κ1) is 17.4. The number of ether oxygens (including phenoxy) is 2. The van der Waals surface area contributed by atoms with Crippen molar-refractivity contribution in [2.45, 2.75) is 27.7 Å². The summed E-state index contributed by atoms with van der Waals surface area (Å²) in [6.07, 6.45) is 1.16. The minimum atomic E-state index is -0.767. The second-order valence-electron chi connectivity index (χ2n) is 4.24. The van der Waals surface area contributed by atoms with Crippen LogP contribution in [-0.4, -0.2) is 35.1 Å². The molecule has 1 aromatic rings. The van der Waals surface area contributed by atoms with Crippen molar-refractivity contribution >= 4 is 17.9 Å². The van der Waals surface area contributed by atoms with E-state index in [1.807, 2.05) is 19.9 Å². The van der Waals surface area contributed by atoms with Gasteiger partial charge < -0.3 is 14.9 Å². The summed E-state index contributed by atoms with van der Waals surface area (Å²) in [5.41, 5.74) is 6.61. The zero-order chi connectivity index (χ0) is 16.5. The Morgan fingerprint density at radius 3 is 2.05 bits per heavy atom. The molecule has 120 valence electrons. The minimum Gasteiger partial charge on any atom is -0.462 e. The number of hydrogen-bond donors (Lipinski definition) is 2. The van der Waals surface area contributed by atoms with E-state index in [4.69, 9.17) is 9.47 Å². The molecule has 0 atom stereocenters. The summed E-state index contributed by atoms with van der Waals surface area (Å²) >= 11 is 0. The lowest BCUT2D eigenvalue weighted by Crippen LogP contribution is -2.24. The fourth-order valence-corrected chi connectivity index (χ4v) is 1.57. The number of carbonyl (C=O) groups excluding carboxylic acids is 2. The number of rotatable bonds is 7. The summed E-state index contributed by atoms with van der Waals surface area (Å²) in [6, 6.07) is 1.82. The predicted molar refractivity (Wildman–Crippen MR) is 79.6 cm³/mol. The second kappa shape index (κ2) is 8.60. The van der Waals surface area contributed by atoms with Gasteiger partial charge in [0.2, 0.25) is 5.95 Å². The lowest BCUT2D eigenvalue weighted by molar-refractivity contribution is -0.146. The molecule has 0 aliphatic heterocycles. The molecule has 1 heterocycles. The van der Waals surface area contributed by atoms with Crippen LogP contribution >= 0.6 is 0 Å². The average Bonchev–Trinajstić information content (AvgIpc) is 2.43. The first-order chi connectivity index (χ1) is 10.5. The van der Waals surface area contributed by atoms with Gasteiger partial charge in [-0.3, -0.25) is 5.43 Å². The zero-order valence-electron chi connectivity index (χ0n) is 13.1. The van der Waals surface area contributed by atoms with Crippen LogP contribution in [0.1, 0.15) is 25.2 Å². The number of hydrazine groups is 1. The summed E-state index contributed by atoms with van der Waals surface area (Å²) in [6.45, 7) is 7.27.